The molecule has 0 bridgehead atoms. The van der Waals surface area contributed by atoms with Gasteiger partial charge in [0.1, 0.15) is 13.2 Å². The lowest BCUT2D eigenvalue weighted by molar-refractivity contribution is -0.167. The third-order valence-electron chi connectivity index (χ3n) is 10.4. The van der Waals surface area contributed by atoms with Crippen LogP contribution in [0.4, 0.5) is 0 Å². The van der Waals surface area contributed by atoms with E-state index in [-0.39, 0.29) is 31.1 Å². The molecular formula is C59H94O6. The molecule has 0 fully saturated rings. The number of allylic oxidation sites excluding steroid dienone is 20. The van der Waals surface area contributed by atoms with Crippen LogP contribution in [0.3, 0.4) is 0 Å². The number of ether oxygens (including phenoxy) is 3. The van der Waals surface area contributed by atoms with Crippen molar-refractivity contribution in [3.8, 4) is 0 Å². The molecule has 0 aliphatic rings. The average Bonchev–Trinajstić information content (AvgIpc) is 3.30. The molecule has 0 aliphatic heterocycles. The summed E-state index contributed by atoms with van der Waals surface area (Å²) in [4.78, 5) is 37.9. The lowest BCUT2D eigenvalue weighted by Gasteiger charge is -2.18. The molecule has 6 heteroatoms. The zero-order valence-corrected chi connectivity index (χ0v) is 41.7. The lowest BCUT2D eigenvalue weighted by Crippen LogP contribution is -2.30. The molecule has 0 spiro atoms. The van der Waals surface area contributed by atoms with Gasteiger partial charge in [-0.1, -0.05) is 194 Å². The molecule has 0 saturated carbocycles. The van der Waals surface area contributed by atoms with Gasteiger partial charge in [0.15, 0.2) is 6.10 Å². The molecule has 65 heavy (non-hydrogen) atoms. The Hall–Kier alpha value is -4.19. The summed E-state index contributed by atoms with van der Waals surface area (Å²) >= 11 is 0. The Labute approximate surface area is 399 Å². The summed E-state index contributed by atoms with van der Waals surface area (Å²) < 4.78 is 16.7. The van der Waals surface area contributed by atoms with Crippen LogP contribution in [0, 0.1) is 0 Å². The molecule has 0 aliphatic carbocycles. The van der Waals surface area contributed by atoms with E-state index in [1.807, 2.05) is 0 Å². The van der Waals surface area contributed by atoms with Crippen molar-refractivity contribution in [3.05, 3.63) is 122 Å². The first-order valence-corrected chi connectivity index (χ1v) is 26.0. The van der Waals surface area contributed by atoms with E-state index in [1.54, 1.807) is 0 Å². The van der Waals surface area contributed by atoms with Gasteiger partial charge in [-0.05, 0) is 122 Å². The summed E-state index contributed by atoms with van der Waals surface area (Å²) in [5, 5.41) is 0. The van der Waals surface area contributed by atoms with Gasteiger partial charge in [0.25, 0.3) is 0 Å². The number of carbonyl (C=O) groups is 3. The lowest BCUT2D eigenvalue weighted by atomic mass is 10.1. The van der Waals surface area contributed by atoms with E-state index in [1.165, 1.54) is 38.5 Å². The van der Waals surface area contributed by atoms with Gasteiger partial charge < -0.3 is 14.2 Å². The van der Waals surface area contributed by atoms with Crippen molar-refractivity contribution in [2.24, 2.45) is 0 Å². The number of unbranched alkanes of at least 4 members (excludes halogenated alkanes) is 14. The molecule has 0 aromatic rings. The van der Waals surface area contributed by atoms with E-state index >= 15 is 0 Å². The van der Waals surface area contributed by atoms with E-state index in [0.29, 0.717) is 19.3 Å². The first kappa shape index (κ1) is 60.8. The molecule has 0 amide bonds. The molecule has 1 atom stereocenters. The summed E-state index contributed by atoms with van der Waals surface area (Å²) in [6.07, 6.45) is 72.0. The highest BCUT2D eigenvalue weighted by Crippen LogP contribution is 2.13. The van der Waals surface area contributed by atoms with E-state index in [0.717, 1.165) is 135 Å². The predicted octanol–water partition coefficient (Wildman–Crippen LogP) is 17.3. The van der Waals surface area contributed by atoms with Gasteiger partial charge in [0, 0.05) is 19.3 Å². The summed E-state index contributed by atoms with van der Waals surface area (Å²) in [6.45, 7) is 6.21. The Kier molecular flexibility index (Phi) is 49.1. The highest BCUT2D eigenvalue weighted by molar-refractivity contribution is 5.71. The average molecular weight is 899 g/mol. The number of hydrogen-bond donors (Lipinski definition) is 0. The number of esters is 3. The minimum Gasteiger partial charge on any atom is -0.462 e. The Morgan fingerprint density at radius 2 is 0.554 bits per heavy atom. The molecule has 0 rings (SSSR count). The van der Waals surface area contributed by atoms with Crippen LogP contribution in [0.1, 0.15) is 213 Å². The number of hydrogen-bond acceptors (Lipinski definition) is 6. The van der Waals surface area contributed by atoms with E-state index < -0.39 is 6.10 Å². The van der Waals surface area contributed by atoms with Gasteiger partial charge in [-0.3, -0.25) is 14.4 Å². The highest BCUT2D eigenvalue weighted by Gasteiger charge is 2.19. The monoisotopic (exact) mass is 899 g/mol. The topological polar surface area (TPSA) is 78.9 Å². The van der Waals surface area contributed by atoms with Gasteiger partial charge in [-0.15, -0.1) is 0 Å². The molecule has 0 aromatic heterocycles. The molecule has 0 radical (unpaired) electrons. The second kappa shape index (κ2) is 52.4. The number of carbonyl (C=O) groups excluding carboxylic acids is 3. The SMILES string of the molecule is CC/C=C\C/C=C\C/C=C\C/C=C\C/C=C\CCCCCC(=O)OCC(COC(=O)CCCC/C=C\C/C=C\CC)OC(=O)CCCCCCCCCCC/C=C\C/C=C\C/C=C\CC. The Bertz CT molecular complexity index is 1400. The molecule has 0 heterocycles. The Balaban J connectivity index is 4.42. The van der Waals surface area contributed by atoms with Crippen molar-refractivity contribution in [2.75, 3.05) is 13.2 Å². The summed E-state index contributed by atoms with van der Waals surface area (Å²) in [6, 6.07) is 0. The standard InChI is InChI=1S/C59H94O6/c1-4-7-10-13-16-19-21-23-25-27-29-31-33-35-37-40-43-46-49-52-58(61)64-55-56(54-63-57(60)51-48-45-42-39-18-15-12-9-6-3)65-59(62)53-50-47-44-41-38-36-34-32-30-28-26-24-22-20-17-14-11-8-5-2/h7-12,16-20,23-26,29,31,35,37,39,56H,4-6,13-15,21-22,27-28,30,32-34,36,38,40-55H2,1-3H3/b10-7-,11-8-,12-9-,19-16-,20-17-,25-23-,26-24-,31-29-,37-35-,39-18-. The van der Waals surface area contributed by atoms with Crippen molar-refractivity contribution in [2.45, 2.75) is 219 Å². The maximum Gasteiger partial charge on any atom is 0.306 e. The third kappa shape index (κ3) is 50.7. The normalized spacial score (nSPS) is 13.1. The summed E-state index contributed by atoms with van der Waals surface area (Å²) in [5.74, 6) is -0.991. The van der Waals surface area contributed by atoms with Crippen LogP contribution in [0.5, 0.6) is 0 Å². The predicted molar refractivity (Wildman–Crippen MR) is 279 cm³/mol. The maximum absolute atomic E-state index is 12.8. The van der Waals surface area contributed by atoms with Crippen LogP contribution in [0.2, 0.25) is 0 Å². The highest BCUT2D eigenvalue weighted by atomic mass is 16.6. The Morgan fingerprint density at radius 1 is 0.308 bits per heavy atom. The minimum absolute atomic E-state index is 0.111. The van der Waals surface area contributed by atoms with Crippen LogP contribution >= 0.6 is 0 Å². The molecule has 0 saturated heterocycles. The first-order chi connectivity index (χ1) is 32.0. The van der Waals surface area contributed by atoms with Crippen LogP contribution in [0.25, 0.3) is 0 Å². The Morgan fingerprint density at radius 3 is 0.908 bits per heavy atom. The van der Waals surface area contributed by atoms with Gasteiger partial charge in [0.05, 0.1) is 0 Å². The summed E-state index contributed by atoms with van der Waals surface area (Å²) in [5.41, 5.74) is 0. The van der Waals surface area contributed by atoms with Crippen LogP contribution < -0.4 is 0 Å². The molecular weight excluding hydrogens is 805 g/mol. The van der Waals surface area contributed by atoms with Crippen LogP contribution in [-0.4, -0.2) is 37.2 Å². The fraction of sp³-hybridized carbons (Fsp3) is 0.610. The quantitative estimate of drug-likeness (QED) is 0.0262. The zero-order valence-electron chi connectivity index (χ0n) is 41.7. The summed E-state index contributed by atoms with van der Waals surface area (Å²) in [7, 11) is 0. The second-order valence-electron chi connectivity index (χ2n) is 16.6. The third-order valence-corrected chi connectivity index (χ3v) is 10.4. The fourth-order valence-electron chi connectivity index (χ4n) is 6.64. The van der Waals surface area contributed by atoms with Crippen LogP contribution in [0.15, 0.2) is 122 Å². The molecule has 1 unspecified atom stereocenters. The molecule has 0 N–H and O–H groups in total. The molecule has 366 valence electrons. The van der Waals surface area contributed by atoms with Gasteiger partial charge >= 0.3 is 17.9 Å². The van der Waals surface area contributed by atoms with Gasteiger partial charge in [-0.2, -0.15) is 0 Å². The second-order valence-corrected chi connectivity index (χ2v) is 16.6. The van der Waals surface area contributed by atoms with Gasteiger partial charge in [0.2, 0.25) is 0 Å². The van der Waals surface area contributed by atoms with E-state index in [2.05, 4.69) is 142 Å². The van der Waals surface area contributed by atoms with E-state index in [4.69, 9.17) is 14.2 Å². The van der Waals surface area contributed by atoms with E-state index in [9.17, 15) is 14.4 Å². The first-order valence-electron chi connectivity index (χ1n) is 26.0. The molecule has 0 aromatic carbocycles. The maximum atomic E-state index is 12.8. The fourth-order valence-corrected chi connectivity index (χ4v) is 6.64. The number of rotatable bonds is 45. The smallest absolute Gasteiger partial charge is 0.306 e. The van der Waals surface area contributed by atoms with Crippen LogP contribution in [-0.2, 0) is 28.6 Å². The van der Waals surface area contributed by atoms with Crippen molar-refractivity contribution >= 4 is 17.9 Å². The van der Waals surface area contributed by atoms with Gasteiger partial charge in [-0.25, -0.2) is 0 Å². The molecule has 6 nitrogen and oxygen atoms in total. The minimum atomic E-state index is -0.810. The zero-order chi connectivity index (χ0) is 47.2. The van der Waals surface area contributed by atoms with Crippen molar-refractivity contribution in [1.82, 2.24) is 0 Å². The van der Waals surface area contributed by atoms with Crippen molar-refractivity contribution in [1.29, 1.82) is 0 Å². The van der Waals surface area contributed by atoms with Crippen molar-refractivity contribution < 1.29 is 28.6 Å². The van der Waals surface area contributed by atoms with Crippen molar-refractivity contribution in [3.63, 3.8) is 0 Å². The largest absolute Gasteiger partial charge is 0.462 e.